The summed E-state index contributed by atoms with van der Waals surface area (Å²) in [5.74, 6) is -0.868. The molecular weight excluding hydrogens is 342 g/mol. The number of esters is 1. The van der Waals surface area contributed by atoms with E-state index >= 15 is 0 Å². The minimum Gasteiger partial charge on any atom is -0.466 e. The van der Waals surface area contributed by atoms with Crippen LogP contribution in [0.4, 0.5) is 0 Å². The molecule has 1 rings (SSSR count). The van der Waals surface area contributed by atoms with Gasteiger partial charge in [-0.2, -0.15) is 0 Å². The van der Waals surface area contributed by atoms with E-state index in [4.69, 9.17) is 17.0 Å². The average molecular weight is 372 g/mol. The number of amides is 2. The number of piperazine rings is 1. The normalized spacial score (nSPS) is 17.0. The van der Waals surface area contributed by atoms with Crippen molar-refractivity contribution in [3.05, 3.63) is 0 Å². The molecule has 0 aromatic heterocycles. The van der Waals surface area contributed by atoms with Crippen LogP contribution < -0.4 is 10.6 Å². The summed E-state index contributed by atoms with van der Waals surface area (Å²) < 4.78 is 5.13. The van der Waals surface area contributed by atoms with Gasteiger partial charge in [0, 0.05) is 19.5 Å². The lowest BCUT2D eigenvalue weighted by Crippen LogP contribution is -2.60. The Kier molecular flexibility index (Phi) is 10.1. The van der Waals surface area contributed by atoms with Crippen molar-refractivity contribution in [2.45, 2.75) is 64.8 Å². The van der Waals surface area contributed by atoms with Crippen molar-refractivity contribution >= 4 is 35.1 Å². The van der Waals surface area contributed by atoms with Crippen molar-refractivity contribution in [1.29, 1.82) is 0 Å². The topological polar surface area (TPSA) is 87.7 Å². The zero-order chi connectivity index (χ0) is 18.7. The molecule has 0 saturated carbocycles. The molecule has 0 aliphatic carbocycles. The van der Waals surface area contributed by atoms with Gasteiger partial charge >= 0.3 is 5.97 Å². The first-order chi connectivity index (χ1) is 12.0. The van der Waals surface area contributed by atoms with Gasteiger partial charge in [-0.1, -0.05) is 33.1 Å². The van der Waals surface area contributed by atoms with Gasteiger partial charge in [0.05, 0.1) is 13.0 Å². The number of unbranched alkanes of at least 4 members (excludes halogenated alkanes) is 3. The van der Waals surface area contributed by atoms with Crippen LogP contribution in [-0.2, 0) is 19.1 Å². The van der Waals surface area contributed by atoms with E-state index in [1.807, 2.05) is 6.92 Å². The molecule has 0 spiro atoms. The largest absolute Gasteiger partial charge is 0.466 e. The predicted octanol–water partition coefficient (Wildman–Crippen LogP) is 1.50. The van der Waals surface area contributed by atoms with Gasteiger partial charge in [0.15, 0.2) is 5.11 Å². The fraction of sp³-hybridized carbons (Fsp3) is 0.765. The molecule has 1 fully saturated rings. The molecule has 2 amide bonds. The standard InChI is InChI=1S/C17H29N3O4S/c1-3-5-7-8-14(21)19-17(25)20-10-9-18-16(23)13(20)12-15(22)24-11-6-4-2/h13H,3-12H2,1-2H3,(H,18,23)(H,19,21,25)/t13-/m1/s1. The fourth-order valence-corrected chi connectivity index (χ4v) is 2.83. The number of carbonyl (C=O) groups excluding carboxylic acids is 3. The molecular formula is C17H29N3O4S. The second kappa shape index (κ2) is 11.8. The Morgan fingerprint density at radius 3 is 2.68 bits per heavy atom. The van der Waals surface area contributed by atoms with E-state index in [0.717, 1.165) is 32.1 Å². The average Bonchev–Trinajstić information content (AvgIpc) is 2.57. The van der Waals surface area contributed by atoms with E-state index < -0.39 is 12.0 Å². The maximum Gasteiger partial charge on any atom is 0.308 e. The van der Waals surface area contributed by atoms with E-state index in [0.29, 0.717) is 26.1 Å². The molecule has 8 heteroatoms. The molecule has 1 heterocycles. The highest BCUT2D eigenvalue weighted by atomic mass is 32.1. The first-order valence-electron chi connectivity index (χ1n) is 9.03. The number of rotatable bonds is 9. The van der Waals surface area contributed by atoms with E-state index in [1.165, 1.54) is 0 Å². The van der Waals surface area contributed by atoms with Gasteiger partial charge in [0.1, 0.15) is 6.04 Å². The van der Waals surface area contributed by atoms with Gasteiger partial charge in [0.2, 0.25) is 11.8 Å². The number of nitrogens with zero attached hydrogens (tertiary/aromatic N) is 1. The van der Waals surface area contributed by atoms with Gasteiger partial charge in [0.25, 0.3) is 0 Å². The lowest BCUT2D eigenvalue weighted by atomic mass is 10.1. The zero-order valence-electron chi connectivity index (χ0n) is 15.1. The molecule has 7 nitrogen and oxygen atoms in total. The van der Waals surface area contributed by atoms with Crippen molar-refractivity contribution < 1.29 is 19.1 Å². The summed E-state index contributed by atoms with van der Waals surface area (Å²) in [7, 11) is 0. The molecule has 1 atom stereocenters. The van der Waals surface area contributed by atoms with Crippen molar-refractivity contribution in [2.24, 2.45) is 0 Å². The number of thiocarbonyl (C=S) groups is 1. The van der Waals surface area contributed by atoms with Crippen molar-refractivity contribution in [3.8, 4) is 0 Å². The zero-order valence-corrected chi connectivity index (χ0v) is 16.0. The maximum absolute atomic E-state index is 12.1. The number of hydrogen-bond acceptors (Lipinski definition) is 5. The van der Waals surface area contributed by atoms with Crippen LogP contribution in [0.5, 0.6) is 0 Å². The Labute approximate surface area is 154 Å². The van der Waals surface area contributed by atoms with E-state index in [1.54, 1.807) is 4.90 Å². The van der Waals surface area contributed by atoms with Crippen LogP contribution in [0.3, 0.4) is 0 Å². The van der Waals surface area contributed by atoms with Crippen molar-refractivity contribution in [1.82, 2.24) is 15.5 Å². The smallest absolute Gasteiger partial charge is 0.308 e. The summed E-state index contributed by atoms with van der Waals surface area (Å²) in [5, 5.41) is 5.59. The minimum atomic E-state index is -0.744. The molecule has 25 heavy (non-hydrogen) atoms. The SMILES string of the molecule is CCCCCC(=O)NC(=S)N1CCNC(=O)[C@H]1CC(=O)OCCCC. The fourth-order valence-electron chi connectivity index (χ4n) is 2.50. The Morgan fingerprint density at radius 1 is 1.28 bits per heavy atom. The third-order valence-corrected chi connectivity index (χ3v) is 4.30. The molecule has 1 aliphatic rings. The lowest BCUT2D eigenvalue weighted by molar-refractivity contribution is -0.147. The molecule has 0 aromatic carbocycles. The molecule has 2 N–H and O–H groups in total. The Bertz CT molecular complexity index is 485. The van der Waals surface area contributed by atoms with E-state index in [9.17, 15) is 14.4 Å². The van der Waals surface area contributed by atoms with Gasteiger partial charge in [-0.25, -0.2) is 0 Å². The van der Waals surface area contributed by atoms with Gasteiger partial charge in [-0.15, -0.1) is 0 Å². The quantitative estimate of drug-likeness (QED) is 0.363. The molecule has 1 aliphatic heterocycles. The summed E-state index contributed by atoms with van der Waals surface area (Å²) in [6.07, 6.45) is 4.86. The summed E-state index contributed by atoms with van der Waals surface area (Å²) in [4.78, 5) is 37.6. The van der Waals surface area contributed by atoms with Gasteiger partial charge in [-0.05, 0) is 25.1 Å². The number of ether oxygens (including phenoxy) is 1. The third-order valence-electron chi connectivity index (χ3n) is 3.97. The van der Waals surface area contributed by atoms with Gasteiger partial charge < -0.3 is 20.3 Å². The highest BCUT2D eigenvalue weighted by Gasteiger charge is 2.34. The van der Waals surface area contributed by atoms with Crippen LogP contribution >= 0.6 is 12.2 Å². The van der Waals surface area contributed by atoms with Gasteiger partial charge in [-0.3, -0.25) is 14.4 Å². The predicted molar refractivity (Wildman–Crippen MR) is 98.9 cm³/mol. The minimum absolute atomic E-state index is 0.0820. The molecule has 0 radical (unpaired) electrons. The van der Waals surface area contributed by atoms with Crippen LogP contribution in [0.1, 0.15) is 58.8 Å². The van der Waals surface area contributed by atoms with E-state index in [2.05, 4.69) is 17.6 Å². The second-order valence-electron chi connectivity index (χ2n) is 6.09. The summed E-state index contributed by atoms with van der Waals surface area (Å²) in [5.41, 5.74) is 0. The molecule has 0 aromatic rings. The monoisotopic (exact) mass is 371 g/mol. The van der Waals surface area contributed by atoms with Crippen LogP contribution in [0.25, 0.3) is 0 Å². The third kappa shape index (κ3) is 7.81. The summed E-state index contributed by atoms with van der Waals surface area (Å²) >= 11 is 5.28. The number of carbonyl (C=O) groups is 3. The number of hydrogen-bond donors (Lipinski definition) is 2. The molecule has 142 valence electrons. The van der Waals surface area contributed by atoms with Crippen LogP contribution in [0.15, 0.2) is 0 Å². The summed E-state index contributed by atoms with van der Waals surface area (Å²) in [6.45, 7) is 5.30. The molecule has 0 unspecified atom stereocenters. The Balaban J connectivity index is 2.57. The Morgan fingerprint density at radius 2 is 2.00 bits per heavy atom. The number of nitrogens with one attached hydrogen (secondary N) is 2. The highest BCUT2D eigenvalue weighted by molar-refractivity contribution is 7.80. The van der Waals surface area contributed by atoms with Crippen molar-refractivity contribution in [3.63, 3.8) is 0 Å². The maximum atomic E-state index is 12.1. The summed E-state index contributed by atoms with van der Waals surface area (Å²) in [6, 6.07) is -0.744. The highest BCUT2D eigenvalue weighted by Crippen LogP contribution is 2.11. The first kappa shape index (κ1) is 21.3. The van der Waals surface area contributed by atoms with Crippen LogP contribution in [-0.4, -0.2) is 53.5 Å². The Hall–Kier alpha value is -1.70. The van der Waals surface area contributed by atoms with Crippen molar-refractivity contribution in [2.75, 3.05) is 19.7 Å². The van der Waals surface area contributed by atoms with Crippen LogP contribution in [0, 0.1) is 0 Å². The first-order valence-corrected chi connectivity index (χ1v) is 9.44. The molecule has 0 bridgehead atoms. The van der Waals surface area contributed by atoms with E-state index in [-0.39, 0.29) is 23.3 Å². The second-order valence-corrected chi connectivity index (χ2v) is 6.48. The molecule has 1 saturated heterocycles. The lowest BCUT2D eigenvalue weighted by Gasteiger charge is -2.36. The van der Waals surface area contributed by atoms with Crippen LogP contribution in [0.2, 0.25) is 0 Å².